The molecule has 0 bridgehead atoms. The number of amides is 1. The molecule has 0 radical (unpaired) electrons. The molecular formula is C20H23N3OS. The van der Waals surface area contributed by atoms with Crippen molar-refractivity contribution in [1.29, 1.82) is 0 Å². The molecule has 0 aliphatic carbocycles. The third-order valence-electron chi connectivity index (χ3n) is 4.35. The molecule has 1 N–H and O–H groups in total. The van der Waals surface area contributed by atoms with Gasteiger partial charge in [-0.15, -0.1) is 11.3 Å². The van der Waals surface area contributed by atoms with Gasteiger partial charge in [-0.05, 0) is 38.8 Å². The summed E-state index contributed by atoms with van der Waals surface area (Å²) in [4.78, 5) is 16.9. The van der Waals surface area contributed by atoms with Crippen molar-refractivity contribution in [2.45, 2.75) is 33.7 Å². The van der Waals surface area contributed by atoms with Crippen LogP contribution in [0.15, 0.2) is 41.8 Å². The summed E-state index contributed by atoms with van der Waals surface area (Å²) < 4.78 is 2.06. The molecule has 0 saturated carbocycles. The largest absolute Gasteiger partial charge is 0.354 e. The second-order valence-corrected chi connectivity index (χ2v) is 7.27. The number of nitrogens with one attached hydrogen (secondary N) is 1. The minimum atomic E-state index is 0.0405. The van der Waals surface area contributed by atoms with Gasteiger partial charge < -0.3 is 9.88 Å². The van der Waals surface area contributed by atoms with Crippen molar-refractivity contribution in [2.24, 2.45) is 0 Å². The first kappa shape index (κ1) is 17.4. The zero-order valence-corrected chi connectivity index (χ0v) is 15.7. The van der Waals surface area contributed by atoms with Gasteiger partial charge in [0.2, 0.25) is 5.91 Å². The van der Waals surface area contributed by atoms with Gasteiger partial charge in [-0.25, -0.2) is 4.98 Å². The Morgan fingerprint density at radius 2 is 1.96 bits per heavy atom. The monoisotopic (exact) mass is 353 g/mol. The van der Waals surface area contributed by atoms with Crippen molar-refractivity contribution in [1.82, 2.24) is 14.9 Å². The van der Waals surface area contributed by atoms with Crippen molar-refractivity contribution >= 4 is 17.2 Å². The van der Waals surface area contributed by atoms with E-state index in [-0.39, 0.29) is 5.91 Å². The molecule has 0 saturated heterocycles. The fraction of sp³-hybridized carbons (Fsp3) is 0.300. The maximum Gasteiger partial charge on any atom is 0.239 e. The molecule has 5 heteroatoms. The highest BCUT2D eigenvalue weighted by Crippen LogP contribution is 2.27. The minimum absolute atomic E-state index is 0.0405. The van der Waals surface area contributed by atoms with E-state index in [1.807, 2.05) is 39.0 Å². The lowest BCUT2D eigenvalue weighted by Gasteiger charge is -2.10. The second kappa shape index (κ2) is 7.66. The highest BCUT2D eigenvalue weighted by Gasteiger charge is 2.15. The van der Waals surface area contributed by atoms with E-state index in [9.17, 15) is 4.79 Å². The number of aryl methyl sites for hydroxylation is 2. The number of hydrogen-bond acceptors (Lipinski definition) is 3. The van der Waals surface area contributed by atoms with Crippen LogP contribution in [0, 0.1) is 20.8 Å². The van der Waals surface area contributed by atoms with E-state index in [0.717, 1.165) is 34.1 Å². The normalized spacial score (nSPS) is 10.8. The Kier molecular flexibility index (Phi) is 5.34. The second-order valence-electron chi connectivity index (χ2n) is 6.21. The predicted molar refractivity (Wildman–Crippen MR) is 103 cm³/mol. The standard InChI is InChI=1S/C20H23N3OS/c1-14-11-18(19-13-25-16(3)22-19)15(2)23(14)12-20(24)21-10-9-17-7-5-4-6-8-17/h4-8,11,13H,9-10,12H2,1-3H3,(H,21,24). The van der Waals surface area contributed by atoms with E-state index in [1.165, 1.54) is 5.56 Å². The maximum atomic E-state index is 12.3. The lowest BCUT2D eigenvalue weighted by atomic mass is 10.1. The van der Waals surface area contributed by atoms with Crippen LogP contribution in [0.25, 0.3) is 11.3 Å². The molecule has 0 spiro atoms. The summed E-state index contributed by atoms with van der Waals surface area (Å²) in [5.74, 6) is 0.0405. The Morgan fingerprint density at radius 3 is 2.64 bits per heavy atom. The van der Waals surface area contributed by atoms with Crippen LogP contribution in [0.1, 0.15) is 22.0 Å². The van der Waals surface area contributed by atoms with Crippen LogP contribution in [0.4, 0.5) is 0 Å². The average molecular weight is 353 g/mol. The quantitative estimate of drug-likeness (QED) is 0.731. The topological polar surface area (TPSA) is 46.9 Å². The SMILES string of the molecule is Cc1nc(-c2cc(C)n(CC(=O)NCCc3ccccc3)c2C)cs1. The van der Waals surface area contributed by atoms with Crippen molar-refractivity contribution in [3.8, 4) is 11.3 Å². The Bertz CT molecular complexity index is 864. The van der Waals surface area contributed by atoms with Crippen LogP contribution in [0.2, 0.25) is 0 Å². The summed E-state index contributed by atoms with van der Waals surface area (Å²) in [6.45, 7) is 7.09. The summed E-state index contributed by atoms with van der Waals surface area (Å²) in [7, 11) is 0. The van der Waals surface area contributed by atoms with E-state index in [1.54, 1.807) is 11.3 Å². The Hall–Kier alpha value is -2.40. The van der Waals surface area contributed by atoms with E-state index >= 15 is 0 Å². The molecule has 0 fully saturated rings. The molecule has 3 aromatic rings. The molecule has 25 heavy (non-hydrogen) atoms. The van der Waals surface area contributed by atoms with Gasteiger partial charge in [-0.1, -0.05) is 30.3 Å². The predicted octanol–water partition coefficient (Wildman–Crippen LogP) is 3.90. The first-order valence-electron chi connectivity index (χ1n) is 8.44. The minimum Gasteiger partial charge on any atom is -0.354 e. The number of aromatic nitrogens is 2. The number of carbonyl (C=O) groups is 1. The van der Waals surface area contributed by atoms with Gasteiger partial charge in [0, 0.05) is 28.9 Å². The Balaban J connectivity index is 1.62. The summed E-state index contributed by atoms with van der Waals surface area (Å²) in [6.07, 6.45) is 0.847. The molecule has 0 aliphatic heterocycles. The molecule has 1 aromatic carbocycles. The lowest BCUT2D eigenvalue weighted by molar-refractivity contribution is -0.121. The van der Waals surface area contributed by atoms with Crippen LogP contribution in [0.5, 0.6) is 0 Å². The first-order valence-corrected chi connectivity index (χ1v) is 9.32. The van der Waals surface area contributed by atoms with Gasteiger partial charge in [0.05, 0.1) is 10.7 Å². The molecule has 3 rings (SSSR count). The summed E-state index contributed by atoms with van der Waals surface area (Å²) in [5, 5.41) is 6.14. The molecule has 0 aliphatic rings. The highest BCUT2D eigenvalue weighted by molar-refractivity contribution is 7.09. The van der Waals surface area contributed by atoms with Gasteiger partial charge in [0.15, 0.2) is 0 Å². The van der Waals surface area contributed by atoms with E-state index < -0.39 is 0 Å². The van der Waals surface area contributed by atoms with Crippen LogP contribution in [-0.4, -0.2) is 22.0 Å². The third kappa shape index (κ3) is 4.17. The maximum absolute atomic E-state index is 12.3. The van der Waals surface area contributed by atoms with Crippen LogP contribution in [0.3, 0.4) is 0 Å². The number of rotatable bonds is 6. The van der Waals surface area contributed by atoms with Crippen molar-refractivity contribution in [2.75, 3.05) is 6.54 Å². The van der Waals surface area contributed by atoms with Gasteiger partial charge in [0.25, 0.3) is 0 Å². The molecule has 4 nitrogen and oxygen atoms in total. The summed E-state index contributed by atoms with van der Waals surface area (Å²) in [6, 6.07) is 12.3. The number of thiazole rings is 1. The van der Waals surface area contributed by atoms with E-state index in [0.29, 0.717) is 13.1 Å². The van der Waals surface area contributed by atoms with Crippen molar-refractivity contribution < 1.29 is 4.79 Å². The van der Waals surface area contributed by atoms with Gasteiger partial charge >= 0.3 is 0 Å². The molecule has 2 heterocycles. The highest BCUT2D eigenvalue weighted by atomic mass is 32.1. The van der Waals surface area contributed by atoms with Crippen LogP contribution >= 0.6 is 11.3 Å². The molecule has 130 valence electrons. The number of hydrogen-bond donors (Lipinski definition) is 1. The molecular weight excluding hydrogens is 330 g/mol. The zero-order valence-electron chi connectivity index (χ0n) is 14.9. The van der Waals surface area contributed by atoms with Crippen molar-refractivity contribution in [3.05, 3.63) is 63.7 Å². The van der Waals surface area contributed by atoms with E-state index in [4.69, 9.17) is 0 Å². The Morgan fingerprint density at radius 1 is 1.20 bits per heavy atom. The van der Waals surface area contributed by atoms with E-state index in [2.05, 4.69) is 38.4 Å². The van der Waals surface area contributed by atoms with Gasteiger partial charge in [-0.2, -0.15) is 0 Å². The smallest absolute Gasteiger partial charge is 0.239 e. The van der Waals surface area contributed by atoms with Crippen LogP contribution in [-0.2, 0) is 17.8 Å². The lowest BCUT2D eigenvalue weighted by Crippen LogP contribution is -2.30. The molecule has 1 amide bonds. The summed E-state index contributed by atoms with van der Waals surface area (Å²) in [5.41, 5.74) is 5.50. The van der Waals surface area contributed by atoms with Crippen LogP contribution < -0.4 is 5.32 Å². The van der Waals surface area contributed by atoms with Crippen molar-refractivity contribution in [3.63, 3.8) is 0 Å². The number of nitrogens with zero attached hydrogens (tertiary/aromatic N) is 2. The summed E-state index contributed by atoms with van der Waals surface area (Å²) >= 11 is 1.65. The fourth-order valence-corrected chi connectivity index (χ4v) is 3.59. The molecule has 2 aromatic heterocycles. The first-order chi connectivity index (χ1) is 12.0. The number of benzene rings is 1. The zero-order chi connectivity index (χ0) is 17.8. The molecule has 0 atom stereocenters. The fourth-order valence-electron chi connectivity index (χ4n) is 2.98. The van der Waals surface area contributed by atoms with Gasteiger partial charge in [0.1, 0.15) is 6.54 Å². The van der Waals surface area contributed by atoms with Gasteiger partial charge in [-0.3, -0.25) is 4.79 Å². The average Bonchev–Trinajstić information content (AvgIpc) is 3.14. The molecule has 0 unspecified atom stereocenters. The Labute approximate surface area is 152 Å². The number of carbonyl (C=O) groups excluding carboxylic acids is 1. The third-order valence-corrected chi connectivity index (χ3v) is 5.12.